The van der Waals surface area contributed by atoms with Crippen LogP contribution in [0.3, 0.4) is 0 Å². The number of pyridine rings is 2. The standard InChI is InChI=1S/C32H33F4N3O5/c1-7-31(43)18-10-22-25-16(12-39(22)26(40)17(18)13-44-28(31)42)24-20(38-27(41)30(6,29(3,4)5)32(34,35)36)9-8-15-14(2)19(33)11-21(37-25)23(15)24/h10-11,20,43H,7-9,12-13H2,1-6H3,(H,38,41)/t20-,30-,31-/m0/s1. The Kier molecular flexibility index (Phi) is 6.43. The monoisotopic (exact) mass is 615 g/mol. The highest BCUT2D eigenvalue weighted by atomic mass is 19.4. The van der Waals surface area contributed by atoms with Crippen molar-refractivity contribution in [3.63, 3.8) is 0 Å². The largest absolute Gasteiger partial charge is 0.458 e. The minimum absolute atomic E-state index is 0.0222. The summed E-state index contributed by atoms with van der Waals surface area (Å²) in [6, 6.07) is 1.87. The first-order valence-corrected chi connectivity index (χ1v) is 14.6. The number of hydrogen-bond acceptors (Lipinski definition) is 6. The SMILES string of the molecule is CC[C@@]1(O)C(=O)OCc2c1cc1n(c2=O)Cc2c-1nc1cc(F)c(C)c3c1c2[C@@H](NC(=O)[C@@](C)(C(C)(C)C)C(F)(F)F)CC3. The molecule has 1 amide bonds. The van der Waals surface area contributed by atoms with E-state index >= 15 is 4.39 Å². The van der Waals surface area contributed by atoms with Crippen molar-refractivity contribution in [2.24, 2.45) is 10.8 Å². The molecular weight excluding hydrogens is 582 g/mol. The Balaban J connectivity index is 1.59. The molecule has 234 valence electrons. The Morgan fingerprint density at radius 2 is 1.84 bits per heavy atom. The van der Waals surface area contributed by atoms with E-state index in [1.807, 2.05) is 0 Å². The van der Waals surface area contributed by atoms with Crippen LogP contribution in [0.15, 0.2) is 16.9 Å². The maximum atomic E-state index is 15.1. The third-order valence-electron chi connectivity index (χ3n) is 10.2. The quantitative estimate of drug-likeness (QED) is 0.241. The van der Waals surface area contributed by atoms with Crippen LogP contribution in [0, 0.1) is 23.6 Å². The van der Waals surface area contributed by atoms with Crippen molar-refractivity contribution in [3.8, 4) is 11.4 Å². The van der Waals surface area contributed by atoms with Crippen LogP contribution in [-0.2, 0) is 39.5 Å². The molecule has 0 saturated carbocycles. The number of rotatable bonds is 3. The number of nitrogens with one attached hydrogen (secondary N) is 1. The number of amides is 1. The Labute approximate surface area is 250 Å². The lowest BCUT2D eigenvalue weighted by Crippen LogP contribution is -2.56. The Morgan fingerprint density at radius 3 is 2.45 bits per heavy atom. The van der Waals surface area contributed by atoms with Gasteiger partial charge in [-0.3, -0.25) is 9.59 Å². The van der Waals surface area contributed by atoms with E-state index in [9.17, 15) is 32.7 Å². The summed E-state index contributed by atoms with van der Waals surface area (Å²) < 4.78 is 65.1. The number of alkyl halides is 3. The zero-order chi connectivity index (χ0) is 32.3. The van der Waals surface area contributed by atoms with Gasteiger partial charge >= 0.3 is 12.1 Å². The summed E-state index contributed by atoms with van der Waals surface area (Å²) in [4.78, 5) is 44.7. The molecule has 8 nitrogen and oxygen atoms in total. The maximum absolute atomic E-state index is 15.1. The van der Waals surface area contributed by atoms with E-state index < -0.39 is 51.9 Å². The summed E-state index contributed by atoms with van der Waals surface area (Å²) in [6.07, 6.45) is -4.42. The van der Waals surface area contributed by atoms with Gasteiger partial charge in [-0.1, -0.05) is 27.7 Å². The summed E-state index contributed by atoms with van der Waals surface area (Å²) >= 11 is 0. The zero-order valence-electron chi connectivity index (χ0n) is 25.3. The predicted molar refractivity (Wildman–Crippen MR) is 152 cm³/mol. The normalized spacial score (nSPS) is 22.2. The van der Waals surface area contributed by atoms with E-state index in [1.54, 1.807) is 13.8 Å². The van der Waals surface area contributed by atoms with Gasteiger partial charge in [-0.25, -0.2) is 14.2 Å². The molecule has 44 heavy (non-hydrogen) atoms. The van der Waals surface area contributed by atoms with Crippen molar-refractivity contribution in [3.05, 3.63) is 61.7 Å². The Morgan fingerprint density at radius 1 is 1.16 bits per heavy atom. The number of hydrogen-bond donors (Lipinski definition) is 2. The third-order valence-corrected chi connectivity index (χ3v) is 10.2. The molecule has 2 aliphatic heterocycles. The molecule has 0 saturated heterocycles. The van der Waals surface area contributed by atoms with Crippen molar-refractivity contribution >= 4 is 22.8 Å². The van der Waals surface area contributed by atoms with Gasteiger partial charge in [-0.05, 0) is 61.3 Å². The van der Waals surface area contributed by atoms with E-state index in [0.29, 0.717) is 34.1 Å². The molecule has 12 heteroatoms. The molecule has 0 spiro atoms. The summed E-state index contributed by atoms with van der Waals surface area (Å²) in [7, 11) is 0. The van der Waals surface area contributed by atoms with Gasteiger partial charge in [-0.2, -0.15) is 13.2 Å². The lowest BCUT2D eigenvalue weighted by molar-refractivity contribution is -0.243. The highest BCUT2D eigenvalue weighted by Crippen LogP contribution is 2.52. The van der Waals surface area contributed by atoms with Crippen molar-refractivity contribution in [1.82, 2.24) is 14.9 Å². The van der Waals surface area contributed by atoms with Crippen molar-refractivity contribution in [1.29, 1.82) is 0 Å². The minimum atomic E-state index is -4.85. The minimum Gasteiger partial charge on any atom is -0.458 e. The second-order valence-electron chi connectivity index (χ2n) is 13.2. The number of aromatic nitrogens is 2. The number of benzene rings is 1. The molecule has 0 radical (unpaired) electrons. The van der Waals surface area contributed by atoms with E-state index in [1.165, 1.54) is 37.5 Å². The molecule has 1 aromatic carbocycles. The van der Waals surface area contributed by atoms with Gasteiger partial charge in [0.25, 0.3) is 5.56 Å². The number of fused-ring (bicyclic) bond motifs is 5. The molecule has 0 unspecified atom stereocenters. The molecule has 3 atom stereocenters. The molecule has 4 heterocycles. The number of aliphatic hydroxyl groups is 1. The molecule has 2 N–H and O–H groups in total. The molecule has 0 fully saturated rings. The molecular formula is C32H33F4N3O5. The molecule has 2 aromatic heterocycles. The predicted octanol–water partition coefficient (Wildman–Crippen LogP) is 5.25. The number of carbonyl (C=O) groups excluding carboxylic acids is 2. The first-order chi connectivity index (χ1) is 20.4. The second kappa shape index (κ2) is 9.35. The van der Waals surface area contributed by atoms with Crippen molar-refractivity contribution in [2.75, 3.05) is 0 Å². The van der Waals surface area contributed by atoms with Gasteiger partial charge < -0.3 is 19.7 Å². The van der Waals surface area contributed by atoms with Gasteiger partial charge in [0.05, 0.1) is 35.1 Å². The van der Waals surface area contributed by atoms with Crippen LogP contribution in [0.1, 0.15) is 86.9 Å². The van der Waals surface area contributed by atoms with E-state index in [2.05, 4.69) is 5.32 Å². The summed E-state index contributed by atoms with van der Waals surface area (Å²) in [5.41, 5.74) is -3.77. The van der Waals surface area contributed by atoms with Crippen LogP contribution >= 0.6 is 0 Å². The van der Waals surface area contributed by atoms with Gasteiger partial charge in [-0.15, -0.1) is 0 Å². The molecule has 3 aromatic rings. The summed E-state index contributed by atoms with van der Waals surface area (Å²) in [5.74, 6) is -2.57. The number of aryl methyl sites for hydroxylation is 1. The van der Waals surface area contributed by atoms with Gasteiger partial charge in [0.15, 0.2) is 5.60 Å². The lowest BCUT2D eigenvalue weighted by Gasteiger charge is -2.42. The lowest BCUT2D eigenvalue weighted by atomic mass is 9.66. The van der Waals surface area contributed by atoms with Crippen molar-refractivity contribution < 1.29 is 37.0 Å². The maximum Gasteiger partial charge on any atom is 0.403 e. The number of cyclic esters (lactones) is 1. The summed E-state index contributed by atoms with van der Waals surface area (Å²) in [5, 5.41) is 14.4. The fraction of sp³-hybridized carbons (Fsp3) is 0.500. The first-order valence-electron chi connectivity index (χ1n) is 14.6. The van der Waals surface area contributed by atoms with E-state index in [4.69, 9.17) is 9.72 Å². The molecule has 1 aliphatic carbocycles. The van der Waals surface area contributed by atoms with Crippen LogP contribution < -0.4 is 10.9 Å². The third kappa shape index (κ3) is 3.85. The Bertz CT molecular complexity index is 1840. The average Bonchev–Trinajstić information content (AvgIpc) is 3.31. The zero-order valence-corrected chi connectivity index (χ0v) is 25.3. The van der Waals surface area contributed by atoms with Crippen LogP contribution in [0.25, 0.3) is 22.3 Å². The van der Waals surface area contributed by atoms with Crippen molar-refractivity contribution in [2.45, 2.75) is 91.8 Å². The second-order valence-corrected chi connectivity index (χ2v) is 13.2. The smallest absolute Gasteiger partial charge is 0.403 e. The molecule has 6 rings (SSSR count). The average molecular weight is 616 g/mol. The number of nitrogens with zero attached hydrogens (tertiary/aromatic N) is 2. The summed E-state index contributed by atoms with van der Waals surface area (Å²) in [6.45, 7) is 7.83. The van der Waals surface area contributed by atoms with Gasteiger partial charge in [0.2, 0.25) is 5.91 Å². The van der Waals surface area contributed by atoms with Crippen LogP contribution in [0.2, 0.25) is 0 Å². The highest BCUT2D eigenvalue weighted by Gasteiger charge is 2.63. The number of ether oxygens (including phenoxy) is 1. The fourth-order valence-corrected chi connectivity index (χ4v) is 6.90. The van der Waals surface area contributed by atoms with Crippen LogP contribution in [0.4, 0.5) is 17.6 Å². The Hall–Kier alpha value is -3.80. The topological polar surface area (TPSA) is 111 Å². The number of esters is 1. The first kappa shape index (κ1) is 30.2. The number of carbonyl (C=O) groups is 2. The molecule has 3 aliphatic rings. The van der Waals surface area contributed by atoms with Gasteiger partial charge in [0, 0.05) is 22.6 Å². The van der Waals surface area contributed by atoms with E-state index in [-0.39, 0.29) is 54.0 Å². The number of halogens is 4. The van der Waals surface area contributed by atoms with E-state index in [0.717, 1.165) is 6.92 Å². The van der Waals surface area contributed by atoms with Crippen LogP contribution in [0.5, 0.6) is 0 Å². The van der Waals surface area contributed by atoms with Crippen LogP contribution in [-0.4, -0.2) is 32.7 Å². The fourth-order valence-electron chi connectivity index (χ4n) is 6.90. The molecule has 0 bridgehead atoms. The highest BCUT2D eigenvalue weighted by molar-refractivity contribution is 5.94. The van der Waals surface area contributed by atoms with Gasteiger partial charge in [0.1, 0.15) is 17.8 Å².